The van der Waals surface area contributed by atoms with Crippen molar-refractivity contribution in [3.8, 4) is 0 Å². The Morgan fingerprint density at radius 2 is 2.00 bits per heavy atom. The number of furan rings is 1. The van der Waals surface area contributed by atoms with E-state index in [0.717, 1.165) is 24.6 Å². The minimum absolute atomic E-state index is 0.0650. The van der Waals surface area contributed by atoms with Crippen molar-refractivity contribution in [2.75, 3.05) is 27.2 Å². The quantitative estimate of drug-likeness (QED) is 0.904. The first-order chi connectivity index (χ1) is 8.99. The molecule has 0 bridgehead atoms. The Hall–Kier alpha value is -0.840. The summed E-state index contributed by atoms with van der Waals surface area (Å²) in [5.74, 6) is 1.95. The fraction of sp³-hybridized carbons (Fsp3) is 0.733. The van der Waals surface area contributed by atoms with Crippen LogP contribution in [-0.2, 0) is 0 Å². The maximum Gasteiger partial charge on any atom is 0.122 e. The summed E-state index contributed by atoms with van der Waals surface area (Å²) in [6, 6.07) is 4.91. The molecular weight excluding hydrogens is 238 g/mol. The molecule has 0 spiro atoms. The molecule has 0 radical (unpaired) electrons. The van der Waals surface area contributed by atoms with Crippen LogP contribution < -0.4 is 5.73 Å². The lowest BCUT2D eigenvalue weighted by atomic mass is 9.98. The molecule has 1 aromatic rings. The molecule has 1 aromatic heterocycles. The van der Waals surface area contributed by atoms with Crippen LogP contribution in [0.2, 0.25) is 0 Å². The van der Waals surface area contributed by atoms with Crippen molar-refractivity contribution in [2.45, 2.75) is 44.8 Å². The Morgan fingerprint density at radius 3 is 2.47 bits per heavy atom. The van der Waals surface area contributed by atoms with Crippen LogP contribution in [-0.4, -0.2) is 49.1 Å². The minimum atomic E-state index is 0.0650. The van der Waals surface area contributed by atoms with Gasteiger partial charge >= 0.3 is 0 Å². The average Bonchev–Trinajstić information content (AvgIpc) is 2.76. The predicted molar refractivity (Wildman–Crippen MR) is 78.1 cm³/mol. The fourth-order valence-electron chi connectivity index (χ4n) is 3.07. The van der Waals surface area contributed by atoms with Gasteiger partial charge in [0.25, 0.3) is 0 Å². The highest BCUT2D eigenvalue weighted by Crippen LogP contribution is 2.29. The normalized spacial score (nSPS) is 21.8. The summed E-state index contributed by atoms with van der Waals surface area (Å²) in [6.45, 7) is 6.38. The lowest BCUT2D eigenvalue weighted by Crippen LogP contribution is -2.47. The molecule has 2 unspecified atom stereocenters. The molecule has 1 aliphatic rings. The van der Waals surface area contributed by atoms with Crippen molar-refractivity contribution in [3.05, 3.63) is 23.7 Å². The number of hydrogen-bond acceptors (Lipinski definition) is 4. The number of nitrogens with zero attached hydrogens (tertiary/aromatic N) is 2. The van der Waals surface area contributed by atoms with Crippen LogP contribution in [0.25, 0.3) is 0 Å². The van der Waals surface area contributed by atoms with Crippen LogP contribution in [0.4, 0.5) is 0 Å². The van der Waals surface area contributed by atoms with Crippen molar-refractivity contribution in [1.82, 2.24) is 9.80 Å². The van der Waals surface area contributed by atoms with Crippen LogP contribution in [0.15, 0.2) is 16.5 Å². The second-order valence-corrected chi connectivity index (χ2v) is 5.95. The largest absolute Gasteiger partial charge is 0.465 e. The van der Waals surface area contributed by atoms with Gasteiger partial charge in [0.15, 0.2) is 0 Å². The van der Waals surface area contributed by atoms with Gasteiger partial charge in [0.05, 0.1) is 6.04 Å². The van der Waals surface area contributed by atoms with Crippen LogP contribution in [0.3, 0.4) is 0 Å². The summed E-state index contributed by atoms with van der Waals surface area (Å²) in [5, 5.41) is 0. The number of likely N-dealkylation sites (N-methyl/N-ethyl adjacent to an activating group) is 1. The monoisotopic (exact) mass is 265 g/mol. The van der Waals surface area contributed by atoms with Gasteiger partial charge in [0, 0.05) is 12.1 Å². The van der Waals surface area contributed by atoms with Gasteiger partial charge < -0.3 is 15.1 Å². The van der Waals surface area contributed by atoms with Crippen molar-refractivity contribution < 1.29 is 4.42 Å². The first-order valence-corrected chi connectivity index (χ1v) is 7.21. The van der Waals surface area contributed by atoms with E-state index in [1.54, 1.807) is 0 Å². The topological polar surface area (TPSA) is 45.6 Å². The molecule has 19 heavy (non-hydrogen) atoms. The zero-order chi connectivity index (χ0) is 14.0. The molecule has 2 N–H and O–H groups in total. The third-order valence-corrected chi connectivity index (χ3v) is 4.25. The second kappa shape index (κ2) is 6.07. The summed E-state index contributed by atoms with van der Waals surface area (Å²) in [4.78, 5) is 4.80. The van der Waals surface area contributed by atoms with E-state index in [1.807, 2.05) is 13.0 Å². The van der Waals surface area contributed by atoms with Gasteiger partial charge in [-0.15, -0.1) is 0 Å². The maximum atomic E-state index is 6.20. The van der Waals surface area contributed by atoms with Crippen molar-refractivity contribution in [2.24, 2.45) is 5.73 Å². The highest BCUT2D eigenvalue weighted by molar-refractivity contribution is 5.12. The van der Waals surface area contributed by atoms with Gasteiger partial charge in [0.2, 0.25) is 0 Å². The summed E-state index contributed by atoms with van der Waals surface area (Å²) in [5.41, 5.74) is 6.20. The molecule has 2 heterocycles. The molecule has 0 aliphatic carbocycles. The summed E-state index contributed by atoms with van der Waals surface area (Å²) >= 11 is 0. The van der Waals surface area contributed by atoms with E-state index in [0.29, 0.717) is 6.04 Å². The molecule has 1 saturated heterocycles. The number of aryl methyl sites for hydroxylation is 1. The molecule has 1 aliphatic heterocycles. The van der Waals surface area contributed by atoms with Crippen LogP contribution in [0.1, 0.15) is 37.3 Å². The van der Waals surface area contributed by atoms with Gasteiger partial charge in [-0.25, -0.2) is 0 Å². The van der Waals surface area contributed by atoms with Gasteiger partial charge in [-0.2, -0.15) is 0 Å². The van der Waals surface area contributed by atoms with E-state index in [-0.39, 0.29) is 12.1 Å². The predicted octanol–water partition coefficient (Wildman–Crippen LogP) is 2.00. The molecule has 0 saturated carbocycles. The van der Waals surface area contributed by atoms with E-state index in [2.05, 4.69) is 36.9 Å². The Bertz CT molecular complexity index is 394. The Morgan fingerprint density at radius 1 is 1.37 bits per heavy atom. The Labute approximate surface area is 116 Å². The highest BCUT2D eigenvalue weighted by atomic mass is 16.3. The number of nitrogens with two attached hydrogens (primary N) is 1. The van der Waals surface area contributed by atoms with E-state index < -0.39 is 0 Å². The maximum absolute atomic E-state index is 6.20. The number of likely N-dealkylation sites (tertiary alicyclic amines) is 1. The van der Waals surface area contributed by atoms with Gasteiger partial charge in [-0.05, 0) is 66.0 Å². The number of rotatable bonds is 4. The molecule has 4 heteroatoms. The Kier molecular flexibility index (Phi) is 4.66. The molecular formula is C15H27N3O. The Balaban J connectivity index is 2.10. The third-order valence-electron chi connectivity index (χ3n) is 4.25. The molecule has 0 amide bonds. The second-order valence-electron chi connectivity index (χ2n) is 5.95. The molecule has 0 aromatic carbocycles. The molecule has 108 valence electrons. The van der Waals surface area contributed by atoms with E-state index in [9.17, 15) is 0 Å². The zero-order valence-corrected chi connectivity index (χ0v) is 12.6. The zero-order valence-electron chi connectivity index (χ0n) is 12.6. The van der Waals surface area contributed by atoms with Crippen LogP contribution in [0, 0.1) is 6.92 Å². The molecule has 2 atom stereocenters. The first-order valence-electron chi connectivity index (χ1n) is 7.21. The van der Waals surface area contributed by atoms with E-state index in [4.69, 9.17) is 10.2 Å². The van der Waals surface area contributed by atoms with Crippen molar-refractivity contribution in [3.63, 3.8) is 0 Å². The lowest BCUT2D eigenvalue weighted by molar-refractivity contribution is 0.0859. The average molecular weight is 265 g/mol. The van der Waals surface area contributed by atoms with Crippen molar-refractivity contribution in [1.29, 1.82) is 0 Å². The molecule has 4 nitrogen and oxygen atoms in total. The van der Waals surface area contributed by atoms with Crippen molar-refractivity contribution >= 4 is 0 Å². The summed E-state index contributed by atoms with van der Waals surface area (Å²) in [7, 11) is 4.37. The standard InChI is InChI=1S/C15H27N3O/c1-11-5-6-14(19-11)15(12(2)16)18(4)13-7-9-17(3)10-8-13/h5-6,12-13,15H,7-10,16H2,1-4H3. The number of hydrogen-bond donors (Lipinski definition) is 1. The minimum Gasteiger partial charge on any atom is -0.465 e. The van der Waals surface area contributed by atoms with Gasteiger partial charge in [-0.3, -0.25) is 4.90 Å². The smallest absolute Gasteiger partial charge is 0.122 e. The van der Waals surface area contributed by atoms with Gasteiger partial charge in [-0.1, -0.05) is 0 Å². The SMILES string of the molecule is Cc1ccc(C(C(C)N)N(C)C2CCN(C)CC2)o1. The first kappa shape index (κ1) is 14.6. The van der Waals surface area contributed by atoms with E-state index >= 15 is 0 Å². The van der Waals surface area contributed by atoms with Gasteiger partial charge in [0.1, 0.15) is 11.5 Å². The summed E-state index contributed by atoms with van der Waals surface area (Å²) < 4.78 is 5.81. The lowest BCUT2D eigenvalue weighted by Gasteiger charge is -2.40. The molecule has 1 fully saturated rings. The highest BCUT2D eigenvalue weighted by Gasteiger charge is 2.30. The fourth-order valence-corrected chi connectivity index (χ4v) is 3.07. The summed E-state index contributed by atoms with van der Waals surface area (Å²) in [6.07, 6.45) is 2.41. The van der Waals surface area contributed by atoms with E-state index in [1.165, 1.54) is 12.8 Å². The third kappa shape index (κ3) is 3.38. The van der Waals surface area contributed by atoms with Crippen LogP contribution >= 0.6 is 0 Å². The van der Waals surface area contributed by atoms with Crippen LogP contribution in [0.5, 0.6) is 0 Å². The number of piperidine rings is 1. The molecule has 2 rings (SSSR count).